The van der Waals surface area contributed by atoms with Gasteiger partial charge in [-0.1, -0.05) is 36.4 Å². The molecule has 8 nitrogen and oxygen atoms in total. The number of amides is 1. The number of hydrogen-bond donors (Lipinski definition) is 1. The number of fused-ring (bicyclic) bond motifs is 1. The fraction of sp³-hybridized carbons (Fsp3) is 0.348. The maximum Gasteiger partial charge on any atom is 0.325 e. The molecule has 3 rings (SSSR count). The third kappa shape index (κ3) is 5.05. The van der Waals surface area contributed by atoms with Crippen molar-refractivity contribution in [3.8, 4) is 0 Å². The van der Waals surface area contributed by atoms with Crippen LogP contribution < -0.4 is 5.32 Å². The van der Waals surface area contributed by atoms with Gasteiger partial charge in [-0.05, 0) is 44.0 Å². The third-order valence-corrected chi connectivity index (χ3v) is 7.25. The molecule has 1 unspecified atom stereocenters. The standard InChI is InChI=1S/C23H26N2O6S/c1-4-32(29,30)25-14-18-10-6-5-9-17(18)13-21(25)23(28)31-16(3)22(27)24-20-12-8-7-11-19(20)15(2)26/h5-12,16,21H,4,13-14H2,1-3H3,(H,24,27)/t16?,21-/m0/s1. The molecule has 9 heteroatoms. The van der Waals surface area contributed by atoms with Crippen molar-refractivity contribution in [1.82, 2.24) is 4.31 Å². The highest BCUT2D eigenvalue weighted by molar-refractivity contribution is 7.89. The molecule has 0 aromatic heterocycles. The Labute approximate surface area is 187 Å². The normalized spacial score (nSPS) is 17.2. The number of sulfonamides is 1. The van der Waals surface area contributed by atoms with Crippen LogP contribution in [-0.2, 0) is 37.3 Å². The van der Waals surface area contributed by atoms with Gasteiger partial charge in [0.1, 0.15) is 6.04 Å². The van der Waals surface area contributed by atoms with E-state index in [0.717, 1.165) is 15.4 Å². The summed E-state index contributed by atoms with van der Waals surface area (Å²) in [7, 11) is -3.68. The minimum atomic E-state index is -3.68. The Morgan fingerprint density at radius 3 is 2.38 bits per heavy atom. The van der Waals surface area contributed by atoms with E-state index in [-0.39, 0.29) is 24.5 Å². The Balaban J connectivity index is 1.77. The number of rotatable bonds is 7. The maximum atomic E-state index is 13.0. The summed E-state index contributed by atoms with van der Waals surface area (Å²) >= 11 is 0. The van der Waals surface area contributed by atoms with E-state index in [1.165, 1.54) is 20.8 Å². The Morgan fingerprint density at radius 1 is 1.09 bits per heavy atom. The zero-order valence-electron chi connectivity index (χ0n) is 18.2. The first kappa shape index (κ1) is 23.6. The van der Waals surface area contributed by atoms with Crippen molar-refractivity contribution in [2.24, 2.45) is 0 Å². The molecule has 0 aliphatic carbocycles. The number of nitrogens with zero attached hydrogens (tertiary/aromatic N) is 1. The molecule has 0 saturated heterocycles. The number of Topliss-reactive ketones (excluding diaryl/α,β-unsaturated/α-hetero) is 1. The maximum absolute atomic E-state index is 13.0. The molecule has 2 aromatic carbocycles. The predicted octanol–water partition coefficient (Wildman–Crippen LogP) is 2.54. The van der Waals surface area contributed by atoms with E-state index in [1.807, 2.05) is 24.3 Å². The van der Waals surface area contributed by atoms with Gasteiger partial charge in [0.25, 0.3) is 5.91 Å². The number of carbonyl (C=O) groups excluding carboxylic acids is 3. The van der Waals surface area contributed by atoms with Gasteiger partial charge < -0.3 is 10.1 Å². The number of carbonyl (C=O) groups is 3. The molecule has 0 fully saturated rings. The minimum absolute atomic E-state index is 0.0681. The van der Waals surface area contributed by atoms with Gasteiger partial charge in [-0.3, -0.25) is 14.4 Å². The molecule has 0 saturated carbocycles. The molecule has 32 heavy (non-hydrogen) atoms. The van der Waals surface area contributed by atoms with Crippen LogP contribution in [0.2, 0.25) is 0 Å². The zero-order chi connectivity index (χ0) is 23.5. The van der Waals surface area contributed by atoms with E-state index in [2.05, 4.69) is 5.32 Å². The largest absolute Gasteiger partial charge is 0.451 e. The molecule has 0 radical (unpaired) electrons. The molecule has 1 aliphatic rings. The minimum Gasteiger partial charge on any atom is -0.451 e. The van der Waals surface area contributed by atoms with Crippen LogP contribution in [0.25, 0.3) is 0 Å². The van der Waals surface area contributed by atoms with Crippen molar-refractivity contribution in [1.29, 1.82) is 0 Å². The summed E-state index contributed by atoms with van der Waals surface area (Å²) in [5.74, 6) is -1.78. The monoisotopic (exact) mass is 458 g/mol. The first-order chi connectivity index (χ1) is 15.1. The van der Waals surface area contributed by atoms with E-state index in [0.29, 0.717) is 11.3 Å². The molecule has 1 aliphatic heterocycles. The Bertz CT molecular complexity index is 1140. The molecule has 0 spiro atoms. The van der Waals surface area contributed by atoms with Crippen LogP contribution in [0.5, 0.6) is 0 Å². The van der Waals surface area contributed by atoms with Crippen LogP contribution in [0.4, 0.5) is 5.69 Å². The van der Waals surface area contributed by atoms with Gasteiger partial charge in [0.2, 0.25) is 10.0 Å². The van der Waals surface area contributed by atoms with Gasteiger partial charge in [0.15, 0.2) is 11.9 Å². The SMILES string of the molecule is CCS(=O)(=O)N1Cc2ccccc2C[C@H]1C(=O)OC(C)C(=O)Nc1ccccc1C(C)=O. The molecular formula is C23H26N2O6S. The molecule has 0 bridgehead atoms. The number of benzene rings is 2. The fourth-order valence-electron chi connectivity index (χ4n) is 3.60. The van der Waals surface area contributed by atoms with Crippen LogP contribution in [0, 0.1) is 0 Å². The average molecular weight is 459 g/mol. The van der Waals surface area contributed by atoms with E-state index in [1.54, 1.807) is 24.3 Å². The molecule has 2 aromatic rings. The second-order valence-electron chi connectivity index (χ2n) is 7.60. The third-order valence-electron chi connectivity index (χ3n) is 5.43. The van der Waals surface area contributed by atoms with Gasteiger partial charge >= 0.3 is 5.97 Å². The molecule has 170 valence electrons. The Hall–Kier alpha value is -3.04. The highest BCUT2D eigenvalue weighted by Crippen LogP contribution is 2.27. The van der Waals surface area contributed by atoms with Crippen LogP contribution in [0.15, 0.2) is 48.5 Å². The molecule has 1 amide bonds. The summed E-state index contributed by atoms with van der Waals surface area (Å²) in [5.41, 5.74) is 2.35. The van der Waals surface area contributed by atoms with Gasteiger partial charge in [-0.2, -0.15) is 4.31 Å². The first-order valence-electron chi connectivity index (χ1n) is 10.3. The number of hydrogen-bond acceptors (Lipinski definition) is 6. The summed E-state index contributed by atoms with van der Waals surface area (Å²) in [4.78, 5) is 37.3. The highest BCUT2D eigenvalue weighted by atomic mass is 32.2. The smallest absolute Gasteiger partial charge is 0.325 e. The number of nitrogens with one attached hydrogen (secondary N) is 1. The summed E-state index contributed by atoms with van der Waals surface area (Å²) in [6.07, 6.45) is -1.03. The molecule has 1 heterocycles. The van der Waals surface area contributed by atoms with Crippen molar-refractivity contribution < 1.29 is 27.5 Å². The van der Waals surface area contributed by atoms with Crippen molar-refractivity contribution in [2.45, 2.75) is 45.9 Å². The molecule has 2 atom stereocenters. The van der Waals surface area contributed by atoms with Gasteiger partial charge in [-0.25, -0.2) is 8.42 Å². The summed E-state index contributed by atoms with van der Waals surface area (Å²) in [5, 5.41) is 2.60. The topological polar surface area (TPSA) is 110 Å². The fourth-order valence-corrected chi connectivity index (χ4v) is 4.81. The second-order valence-corrected chi connectivity index (χ2v) is 9.81. The lowest BCUT2D eigenvalue weighted by Crippen LogP contribution is -2.50. The number of ketones is 1. The van der Waals surface area contributed by atoms with Crippen molar-refractivity contribution >= 4 is 33.4 Å². The summed E-state index contributed by atoms with van der Waals surface area (Å²) in [6, 6.07) is 12.8. The van der Waals surface area contributed by atoms with Crippen LogP contribution in [0.1, 0.15) is 42.3 Å². The lowest BCUT2D eigenvalue weighted by molar-refractivity contribution is -0.157. The highest BCUT2D eigenvalue weighted by Gasteiger charge is 2.40. The van der Waals surface area contributed by atoms with Gasteiger partial charge in [0.05, 0.1) is 11.4 Å². The van der Waals surface area contributed by atoms with Crippen LogP contribution >= 0.6 is 0 Å². The Morgan fingerprint density at radius 2 is 1.72 bits per heavy atom. The lowest BCUT2D eigenvalue weighted by atomic mass is 9.96. The van der Waals surface area contributed by atoms with E-state index in [9.17, 15) is 22.8 Å². The van der Waals surface area contributed by atoms with Crippen molar-refractivity contribution in [3.05, 3.63) is 65.2 Å². The zero-order valence-corrected chi connectivity index (χ0v) is 19.0. The quantitative estimate of drug-likeness (QED) is 0.504. The van der Waals surface area contributed by atoms with E-state index < -0.39 is 34.0 Å². The number of anilines is 1. The second kappa shape index (κ2) is 9.62. The first-order valence-corrected chi connectivity index (χ1v) is 11.9. The van der Waals surface area contributed by atoms with Crippen LogP contribution in [-0.4, -0.2) is 48.3 Å². The Kier molecular flexibility index (Phi) is 7.10. The number of para-hydroxylation sites is 1. The van der Waals surface area contributed by atoms with Crippen molar-refractivity contribution in [2.75, 3.05) is 11.1 Å². The average Bonchev–Trinajstić information content (AvgIpc) is 2.78. The van der Waals surface area contributed by atoms with Crippen LogP contribution in [0.3, 0.4) is 0 Å². The molecule has 1 N–H and O–H groups in total. The molecular weight excluding hydrogens is 432 g/mol. The summed E-state index contributed by atoms with van der Waals surface area (Å²) in [6.45, 7) is 4.37. The van der Waals surface area contributed by atoms with Crippen molar-refractivity contribution in [3.63, 3.8) is 0 Å². The van der Waals surface area contributed by atoms with E-state index in [4.69, 9.17) is 4.74 Å². The summed E-state index contributed by atoms with van der Waals surface area (Å²) < 4.78 is 31.8. The van der Waals surface area contributed by atoms with Gasteiger partial charge in [-0.15, -0.1) is 0 Å². The number of esters is 1. The van der Waals surface area contributed by atoms with E-state index >= 15 is 0 Å². The lowest BCUT2D eigenvalue weighted by Gasteiger charge is -2.34. The van der Waals surface area contributed by atoms with Gasteiger partial charge in [0, 0.05) is 18.5 Å². The number of ether oxygens (including phenoxy) is 1. The predicted molar refractivity (Wildman–Crippen MR) is 120 cm³/mol.